The molecule has 0 saturated heterocycles. The first-order valence-corrected chi connectivity index (χ1v) is 2.68. The van der Waals surface area contributed by atoms with Gasteiger partial charge in [-0.25, -0.2) is 4.89 Å². The average molecular weight is 118 g/mol. The molecule has 0 amide bonds. The average Bonchev–Trinajstić information content (AvgIpc) is 1.69. The normalized spacial score (nSPS) is 8.25. The Balaban J connectivity index is 0. The highest BCUT2D eigenvalue weighted by Crippen LogP contribution is 1.91. The second kappa shape index (κ2) is 10.1. The maximum Gasteiger partial charge on any atom is 0.0819 e. The summed E-state index contributed by atoms with van der Waals surface area (Å²) in [6, 6.07) is 0. The molecule has 0 aromatic carbocycles. The summed E-state index contributed by atoms with van der Waals surface area (Å²) in [5, 5.41) is 7.79. The number of hydrogen-bond donors (Lipinski definition) is 1. The van der Waals surface area contributed by atoms with E-state index in [9.17, 15) is 0 Å². The Labute approximate surface area is 52.4 Å². The minimum Gasteiger partial charge on any atom is -0.252 e. The van der Waals surface area contributed by atoms with Gasteiger partial charge >= 0.3 is 0 Å². The molecule has 0 radical (unpaired) electrons. The Hall–Kier alpha value is -0.0151. The second-order valence-corrected chi connectivity index (χ2v) is 1.54. The van der Waals surface area contributed by atoms with Crippen LogP contribution in [0.1, 0.15) is 26.2 Å². The van der Waals surface area contributed by atoms with E-state index >= 15 is 0 Å². The van der Waals surface area contributed by atoms with Crippen LogP contribution >= 0.6 is 0 Å². The van der Waals surface area contributed by atoms with E-state index in [4.69, 9.17) is 5.26 Å². The van der Waals surface area contributed by atoms with Gasteiger partial charge in [0.1, 0.15) is 0 Å². The first-order valence-electron chi connectivity index (χ1n) is 2.68. The molecule has 1 N–H and O–H groups in total. The van der Waals surface area contributed by atoms with Crippen LogP contribution < -0.4 is 0 Å². The minimum absolute atomic E-state index is 0. The van der Waals surface area contributed by atoms with Crippen LogP contribution in [0, 0.1) is 0 Å². The SMILES string of the molecule is B.CCCCCOO. The zero-order valence-corrected chi connectivity index (χ0v) is 4.68. The molecule has 2 nitrogen and oxygen atoms in total. The van der Waals surface area contributed by atoms with E-state index in [0.717, 1.165) is 12.8 Å². The quantitative estimate of drug-likeness (QED) is 0.252. The van der Waals surface area contributed by atoms with Crippen LogP contribution in [0.5, 0.6) is 0 Å². The summed E-state index contributed by atoms with van der Waals surface area (Å²) < 4.78 is 0. The van der Waals surface area contributed by atoms with Crippen LogP contribution in [0.15, 0.2) is 0 Å². The summed E-state index contributed by atoms with van der Waals surface area (Å²) in [7, 11) is 0. The van der Waals surface area contributed by atoms with Gasteiger partial charge in [-0.1, -0.05) is 19.8 Å². The van der Waals surface area contributed by atoms with Gasteiger partial charge in [0.15, 0.2) is 0 Å². The van der Waals surface area contributed by atoms with Crippen molar-refractivity contribution in [3.05, 3.63) is 0 Å². The highest BCUT2D eigenvalue weighted by Gasteiger charge is 1.81. The van der Waals surface area contributed by atoms with Crippen molar-refractivity contribution in [3.63, 3.8) is 0 Å². The van der Waals surface area contributed by atoms with E-state index in [-0.39, 0.29) is 8.41 Å². The fourth-order valence-electron chi connectivity index (χ4n) is 0.417. The predicted octanol–water partition coefficient (Wildman–Crippen LogP) is 0.482. The molecule has 0 spiro atoms. The number of unbranched alkanes of at least 4 members (excludes halogenated alkanes) is 2. The zero-order valence-electron chi connectivity index (χ0n) is 4.68. The molecule has 0 aliphatic heterocycles. The van der Waals surface area contributed by atoms with Gasteiger partial charge in [-0.05, 0) is 6.42 Å². The van der Waals surface area contributed by atoms with Crippen LogP contribution in [0.2, 0.25) is 0 Å². The van der Waals surface area contributed by atoms with Crippen molar-refractivity contribution in [2.45, 2.75) is 26.2 Å². The smallest absolute Gasteiger partial charge is 0.0819 e. The lowest BCUT2D eigenvalue weighted by atomic mass is 10.3. The summed E-state index contributed by atoms with van der Waals surface area (Å²) in [6.07, 6.45) is 3.27. The largest absolute Gasteiger partial charge is 0.252 e. The van der Waals surface area contributed by atoms with Gasteiger partial charge in [-0.15, -0.1) is 0 Å². The lowest BCUT2D eigenvalue weighted by molar-refractivity contribution is -0.242. The van der Waals surface area contributed by atoms with Crippen molar-refractivity contribution in [3.8, 4) is 0 Å². The highest BCUT2D eigenvalue weighted by atomic mass is 17.1. The van der Waals surface area contributed by atoms with E-state index < -0.39 is 0 Å². The first kappa shape index (κ1) is 10.9. The molecule has 0 aliphatic rings. The van der Waals surface area contributed by atoms with E-state index in [2.05, 4.69) is 11.8 Å². The first-order chi connectivity index (χ1) is 3.41. The molecule has 0 saturated carbocycles. The van der Waals surface area contributed by atoms with E-state index in [0.29, 0.717) is 6.61 Å². The lowest BCUT2D eigenvalue weighted by Crippen LogP contribution is -1.86. The molecule has 0 rings (SSSR count). The van der Waals surface area contributed by atoms with Crippen LogP contribution in [-0.4, -0.2) is 20.3 Å². The predicted molar refractivity (Wildman–Crippen MR) is 38.0 cm³/mol. The topological polar surface area (TPSA) is 29.5 Å². The molecule has 0 aliphatic carbocycles. The molecule has 0 heterocycles. The van der Waals surface area contributed by atoms with Gasteiger partial charge < -0.3 is 0 Å². The molecule has 0 aromatic rings. The molecule has 0 unspecified atom stereocenters. The molecular formula is C5H15BO2. The Morgan fingerprint density at radius 3 is 2.38 bits per heavy atom. The fourth-order valence-corrected chi connectivity index (χ4v) is 0.417. The van der Waals surface area contributed by atoms with Crippen molar-refractivity contribution in [2.75, 3.05) is 6.61 Å². The third kappa shape index (κ3) is 9.37. The van der Waals surface area contributed by atoms with Crippen molar-refractivity contribution in [1.82, 2.24) is 0 Å². The van der Waals surface area contributed by atoms with Crippen molar-refractivity contribution < 1.29 is 10.1 Å². The maximum absolute atomic E-state index is 7.79. The molecule has 0 fully saturated rings. The molecule has 0 atom stereocenters. The molecule has 3 heteroatoms. The Morgan fingerprint density at radius 2 is 2.00 bits per heavy atom. The molecule has 8 heavy (non-hydrogen) atoms. The summed E-state index contributed by atoms with van der Waals surface area (Å²) in [5.74, 6) is 0. The standard InChI is InChI=1S/C5H12O2.BH3/c1-2-3-4-5-7-6;/h6H,2-5H2,1H3;1H3. The lowest BCUT2D eigenvalue weighted by Gasteiger charge is -1.90. The van der Waals surface area contributed by atoms with Gasteiger partial charge in [0.25, 0.3) is 0 Å². The Bertz CT molecular complexity index is 29.6. The van der Waals surface area contributed by atoms with Crippen molar-refractivity contribution in [1.29, 1.82) is 0 Å². The third-order valence-corrected chi connectivity index (χ3v) is 0.839. The number of rotatable bonds is 4. The fraction of sp³-hybridized carbons (Fsp3) is 1.00. The Kier molecular flexibility index (Phi) is 13.7. The van der Waals surface area contributed by atoms with Crippen LogP contribution in [0.25, 0.3) is 0 Å². The summed E-state index contributed by atoms with van der Waals surface area (Å²) >= 11 is 0. The van der Waals surface area contributed by atoms with E-state index in [1.54, 1.807) is 0 Å². The summed E-state index contributed by atoms with van der Waals surface area (Å²) in [5.41, 5.74) is 0. The minimum atomic E-state index is 0. The number of hydrogen-bond acceptors (Lipinski definition) is 2. The Morgan fingerprint density at radius 1 is 1.38 bits per heavy atom. The molecule has 0 aromatic heterocycles. The van der Waals surface area contributed by atoms with E-state index in [1.807, 2.05) is 0 Å². The van der Waals surface area contributed by atoms with Crippen LogP contribution in [-0.2, 0) is 4.89 Å². The second-order valence-electron chi connectivity index (χ2n) is 1.54. The molecular weight excluding hydrogens is 103 g/mol. The summed E-state index contributed by atoms with van der Waals surface area (Å²) in [4.78, 5) is 3.84. The van der Waals surface area contributed by atoms with Gasteiger partial charge in [-0.3, -0.25) is 5.26 Å². The monoisotopic (exact) mass is 118 g/mol. The maximum atomic E-state index is 7.79. The van der Waals surface area contributed by atoms with Crippen molar-refractivity contribution in [2.24, 2.45) is 0 Å². The van der Waals surface area contributed by atoms with Gasteiger partial charge in [0, 0.05) is 0 Å². The zero-order chi connectivity index (χ0) is 5.54. The van der Waals surface area contributed by atoms with E-state index in [1.165, 1.54) is 6.42 Å². The third-order valence-electron chi connectivity index (χ3n) is 0.839. The summed E-state index contributed by atoms with van der Waals surface area (Å²) in [6.45, 7) is 2.59. The van der Waals surface area contributed by atoms with Crippen LogP contribution in [0.3, 0.4) is 0 Å². The molecule has 50 valence electrons. The van der Waals surface area contributed by atoms with Gasteiger partial charge in [0.05, 0.1) is 15.0 Å². The molecule has 0 bridgehead atoms. The van der Waals surface area contributed by atoms with Crippen LogP contribution in [0.4, 0.5) is 0 Å². The van der Waals surface area contributed by atoms with Gasteiger partial charge in [-0.2, -0.15) is 0 Å². The van der Waals surface area contributed by atoms with Gasteiger partial charge in [0.2, 0.25) is 0 Å². The highest BCUT2D eigenvalue weighted by molar-refractivity contribution is 5.75. The van der Waals surface area contributed by atoms with Crippen molar-refractivity contribution >= 4 is 8.41 Å².